The first-order valence-electron chi connectivity index (χ1n) is 3.99. The Balaban J connectivity index is 3.39. The Morgan fingerprint density at radius 1 is 1.17 bits per heavy atom. The molecule has 0 aliphatic rings. The molecule has 0 aromatic carbocycles. The normalized spacial score (nSPS) is 9.42. The van der Waals surface area contributed by atoms with Gasteiger partial charge in [0, 0.05) is 6.42 Å². The van der Waals surface area contributed by atoms with E-state index in [2.05, 4.69) is 4.99 Å². The van der Waals surface area contributed by atoms with Crippen LogP contribution in [0.2, 0.25) is 0 Å². The summed E-state index contributed by atoms with van der Waals surface area (Å²) in [4.78, 5) is 14.2. The van der Waals surface area contributed by atoms with Crippen LogP contribution in [0.15, 0.2) is 4.99 Å². The van der Waals surface area contributed by atoms with Gasteiger partial charge in [0.1, 0.15) is 0 Å². The van der Waals surface area contributed by atoms with Crippen molar-refractivity contribution >= 4 is 11.9 Å². The van der Waals surface area contributed by atoms with Crippen LogP contribution in [-0.4, -0.2) is 18.4 Å². The summed E-state index contributed by atoms with van der Waals surface area (Å²) in [7, 11) is 0. The van der Waals surface area contributed by atoms with Gasteiger partial charge in [0.15, 0.2) is 5.96 Å². The SMILES string of the molecule is NCCCCCC(=O)N=C(N)N. The number of amides is 1. The van der Waals surface area contributed by atoms with Gasteiger partial charge in [0.2, 0.25) is 5.91 Å². The number of aliphatic imine (C=N–C) groups is 1. The molecule has 0 aliphatic carbocycles. The third kappa shape index (κ3) is 7.01. The highest BCUT2D eigenvalue weighted by molar-refractivity contribution is 5.91. The summed E-state index contributed by atoms with van der Waals surface area (Å²) in [5.74, 6) is -0.425. The molecule has 5 heteroatoms. The van der Waals surface area contributed by atoms with Crippen molar-refractivity contribution in [3.8, 4) is 0 Å². The molecule has 0 aromatic heterocycles. The number of nitrogens with zero attached hydrogens (tertiary/aromatic N) is 1. The van der Waals surface area contributed by atoms with Gasteiger partial charge >= 0.3 is 0 Å². The zero-order valence-electron chi connectivity index (χ0n) is 7.12. The number of hydrogen-bond donors (Lipinski definition) is 3. The van der Waals surface area contributed by atoms with Crippen LogP contribution in [0.1, 0.15) is 25.7 Å². The molecule has 0 unspecified atom stereocenters. The molecule has 70 valence electrons. The van der Waals surface area contributed by atoms with Crippen molar-refractivity contribution in [1.29, 1.82) is 0 Å². The Morgan fingerprint density at radius 2 is 1.83 bits per heavy atom. The Kier molecular flexibility index (Phi) is 6.00. The third-order valence-electron chi connectivity index (χ3n) is 1.35. The average Bonchev–Trinajstić information content (AvgIpc) is 1.97. The molecule has 0 heterocycles. The first-order chi connectivity index (χ1) is 5.66. The van der Waals surface area contributed by atoms with Gasteiger partial charge in [-0.25, -0.2) is 0 Å². The van der Waals surface area contributed by atoms with E-state index in [1.807, 2.05) is 0 Å². The Labute approximate surface area is 72.0 Å². The van der Waals surface area contributed by atoms with E-state index in [4.69, 9.17) is 17.2 Å². The molecular weight excluding hydrogens is 156 g/mol. The van der Waals surface area contributed by atoms with Gasteiger partial charge in [0.05, 0.1) is 0 Å². The predicted molar refractivity (Wildman–Crippen MR) is 48.3 cm³/mol. The van der Waals surface area contributed by atoms with Crippen molar-refractivity contribution in [3.05, 3.63) is 0 Å². The monoisotopic (exact) mass is 172 g/mol. The fraction of sp³-hybridized carbons (Fsp3) is 0.714. The van der Waals surface area contributed by atoms with E-state index in [1.165, 1.54) is 0 Å². The number of hydrogen-bond acceptors (Lipinski definition) is 2. The summed E-state index contributed by atoms with van der Waals surface area (Å²) in [5.41, 5.74) is 15.3. The first-order valence-corrected chi connectivity index (χ1v) is 3.99. The molecule has 0 aromatic rings. The topological polar surface area (TPSA) is 107 Å². The van der Waals surface area contributed by atoms with Crippen LogP contribution < -0.4 is 17.2 Å². The van der Waals surface area contributed by atoms with E-state index in [0.29, 0.717) is 13.0 Å². The van der Waals surface area contributed by atoms with Gasteiger partial charge in [-0.15, -0.1) is 0 Å². The number of unbranched alkanes of at least 4 members (excludes halogenated alkanes) is 2. The molecule has 0 saturated heterocycles. The van der Waals surface area contributed by atoms with Crippen LogP contribution in [0.3, 0.4) is 0 Å². The van der Waals surface area contributed by atoms with E-state index in [9.17, 15) is 4.79 Å². The Bertz CT molecular complexity index is 163. The number of carbonyl (C=O) groups is 1. The molecule has 0 radical (unpaired) electrons. The molecule has 6 N–H and O–H groups in total. The summed E-state index contributed by atoms with van der Waals surface area (Å²) < 4.78 is 0. The fourth-order valence-corrected chi connectivity index (χ4v) is 0.797. The summed E-state index contributed by atoms with van der Waals surface area (Å²) in [5, 5.41) is 0. The predicted octanol–water partition coefficient (Wildman–Crippen LogP) is -0.694. The number of guanidine groups is 1. The largest absolute Gasteiger partial charge is 0.370 e. The van der Waals surface area contributed by atoms with Gasteiger partial charge in [-0.1, -0.05) is 6.42 Å². The van der Waals surface area contributed by atoms with Crippen molar-refractivity contribution in [2.24, 2.45) is 22.2 Å². The van der Waals surface area contributed by atoms with Crippen LogP contribution in [-0.2, 0) is 4.79 Å². The van der Waals surface area contributed by atoms with Crippen molar-refractivity contribution in [2.75, 3.05) is 6.54 Å². The summed E-state index contributed by atoms with van der Waals surface area (Å²) in [6.45, 7) is 0.663. The molecule has 0 fully saturated rings. The van der Waals surface area contributed by atoms with E-state index in [1.54, 1.807) is 0 Å². The highest BCUT2D eigenvalue weighted by Gasteiger charge is 1.98. The van der Waals surface area contributed by atoms with Crippen molar-refractivity contribution in [3.63, 3.8) is 0 Å². The molecular formula is C7H16N4O. The molecule has 12 heavy (non-hydrogen) atoms. The fourth-order valence-electron chi connectivity index (χ4n) is 0.797. The summed E-state index contributed by atoms with van der Waals surface area (Å²) in [6, 6.07) is 0. The average molecular weight is 172 g/mol. The standard InChI is InChI=1S/C7H16N4O/c8-5-3-1-2-4-6(12)11-7(9)10/h1-5,8H2,(H4,9,10,11,12). The minimum absolute atomic E-state index is 0.168. The van der Waals surface area contributed by atoms with E-state index in [0.717, 1.165) is 19.3 Å². The maximum Gasteiger partial charge on any atom is 0.248 e. The molecule has 0 bridgehead atoms. The second-order valence-corrected chi connectivity index (χ2v) is 2.53. The van der Waals surface area contributed by atoms with Crippen molar-refractivity contribution in [1.82, 2.24) is 0 Å². The molecule has 0 saturated carbocycles. The lowest BCUT2D eigenvalue weighted by atomic mass is 10.2. The van der Waals surface area contributed by atoms with Gasteiger partial charge in [-0.2, -0.15) is 4.99 Å². The number of nitrogens with two attached hydrogens (primary N) is 3. The van der Waals surface area contributed by atoms with E-state index in [-0.39, 0.29) is 11.9 Å². The molecule has 0 spiro atoms. The number of carbonyl (C=O) groups excluding carboxylic acids is 1. The van der Waals surface area contributed by atoms with Crippen LogP contribution in [0.5, 0.6) is 0 Å². The Hall–Kier alpha value is -1.10. The van der Waals surface area contributed by atoms with Crippen molar-refractivity contribution < 1.29 is 4.79 Å². The lowest BCUT2D eigenvalue weighted by Crippen LogP contribution is -2.24. The highest BCUT2D eigenvalue weighted by atomic mass is 16.1. The third-order valence-corrected chi connectivity index (χ3v) is 1.35. The smallest absolute Gasteiger partial charge is 0.248 e. The molecule has 0 aliphatic heterocycles. The zero-order valence-corrected chi connectivity index (χ0v) is 7.12. The van der Waals surface area contributed by atoms with E-state index < -0.39 is 0 Å². The minimum atomic E-state index is -0.257. The van der Waals surface area contributed by atoms with Crippen LogP contribution >= 0.6 is 0 Å². The maximum atomic E-state index is 10.8. The van der Waals surface area contributed by atoms with Gasteiger partial charge < -0.3 is 17.2 Å². The zero-order chi connectivity index (χ0) is 9.40. The summed E-state index contributed by atoms with van der Waals surface area (Å²) in [6.07, 6.45) is 3.09. The van der Waals surface area contributed by atoms with E-state index >= 15 is 0 Å². The molecule has 0 rings (SSSR count). The van der Waals surface area contributed by atoms with Gasteiger partial charge in [-0.05, 0) is 19.4 Å². The Morgan fingerprint density at radius 3 is 2.33 bits per heavy atom. The van der Waals surface area contributed by atoms with Crippen molar-refractivity contribution in [2.45, 2.75) is 25.7 Å². The lowest BCUT2D eigenvalue weighted by molar-refractivity contribution is -0.117. The second kappa shape index (κ2) is 6.60. The summed E-state index contributed by atoms with van der Waals surface area (Å²) >= 11 is 0. The molecule has 0 atom stereocenters. The minimum Gasteiger partial charge on any atom is -0.370 e. The lowest BCUT2D eigenvalue weighted by Gasteiger charge is -1.95. The van der Waals surface area contributed by atoms with Gasteiger partial charge in [0.25, 0.3) is 0 Å². The molecule has 1 amide bonds. The van der Waals surface area contributed by atoms with Crippen LogP contribution in [0.25, 0.3) is 0 Å². The quantitative estimate of drug-likeness (QED) is 0.289. The van der Waals surface area contributed by atoms with Crippen LogP contribution in [0, 0.1) is 0 Å². The van der Waals surface area contributed by atoms with Gasteiger partial charge in [-0.3, -0.25) is 4.79 Å². The second-order valence-electron chi connectivity index (χ2n) is 2.53. The number of rotatable bonds is 5. The molecule has 5 nitrogen and oxygen atoms in total. The first kappa shape index (κ1) is 10.9. The highest BCUT2D eigenvalue weighted by Crippen LogP contribution is 1.99. The maximum absolute atomic E-state index is 10.8. The van der Waals surface area contributed by atoms with Crippen LogP contribution in [0.4, 0.5) is 0 Å².